The summed E-state index contributed by atoms with van der Waals surface area (Å²) in [6.45, 7) is 6.06. The van der Waals surface area contributed by atoms with Crippen molar-refractivity contribution < 1.29 is 4.79 Å². The van der Waals surface area contributed by atoms with Crippen LogP contribution in [0.25, 0.3) is 0 Å². The molecule has 2 N–H and O–H groups in total. The Balaban J connectivity index is 2.27. The zero-order valence-electron chi connectivity index (χ0n) is 12.1. The highest BCUT2D eigenvalue weighted by molar-refractivity contribution is 5.87. The van der Waals surface area contributed by atoms with Gasteiger partial charge in [0, 0.05) is 12.1 Å². The molecule has 0 spiro atoms. The van der Waals surface area contributed by atoms with E-state index in [1.807, 2.05) is 42.2 Å². The second-order valence-electron chi connectivity index (χ2n) is 5.91. The standard InChI is InChI=1S/C16H24N2O/c1-12-8-7-9-13(2)18(12)15(19)16(3,17)14-10-5-4-6-11-14/h4-6,10-13H,7-9,17H2,1-3H3. The van der Waals surface area contributed by atoms with Crippen molar-refractivity contribution in [2.45, 2.75) is 57.7 Å². The van der Waals surface area contributed by atoms with Crippen LogP contribution >= 0.6 is 0 Å². The van der Waals surface area contributed by atoms with Crippen LogP contribution in [0, 0.1) is 0 Å². The number of amides is 1. The van der Waals surface area contributed by atoms with E-state index in [1.165, 1.54) is 6.42 Å². The van der Waals surface area contributed by atoms with Crippen molar-refractivity contribution in [3.63, 3.8) is 0 Å². The molecule has 3 atom stereocenters. The number of carbonyl (C=O) groups is 1. The fourth-order valence-corrected chi connectivity index (χ4v) is 3.00. The highest BCUT2D eigenvalue weighted by Crippen LogP contribution is 2.28. The summed E-state index contributed by atoms with van der Waals surface area (Å²) in [7, 11) is 0. The summed E-state index contributed by atoms with van der Waals surface area (Å²) in [6.07, 6.45) is 3.33. The maximum Gasteiger partial charge on any atom is 0.247 e. The molecule has 3 heteroatoms. The molecule has 1 saturated heterocycles. The number of hydrogen-bond acceptors (Lipinski definition) is 2. The number of nitrogens with two attached hydrogens (primary N) is 1. The average Bonchev–Trinajstić information content (AvgIpc) is 2.39. The van der Waals surface area contributed by atoms with Crippen LogP contribution in [0.15, 0.2) is 30.3 Å². The molecular weight excluding hydrogens is 236 g/mol. The van der Waals surface area contributed by atoms with Crippen molar-refractivity contribution in [2.75, 3.05) is 0 Å². The van der Waals surface area contributed by atoms with Crippen LogP contribution in [0.1, 0.15) is 45.6 Å². The predicted octanol–water partition coefficient (Wildman–Crippen LogP) is 2.65. The van der Waals surface area contributed by atoms with Crippen LogP contribution < -0.4 is 5.73 Å². The summed E-state index contributed by atoms with van der Waals surface area (Å²) < 4.78 is 0. The van der Waals surface area contributed by atoms with E-state index in [4.69, 9.17) is 5.73 Å². The van der Waals surface area contributed by atoms with E-state index in [2.05, 4.69) is 13.8 Å². The molecule has 19 heavy (non-hydrogen) atoms. The lowest BCUT2D eigenvalue weighted by Crippen LogP contribution is -2.57. The molecule has 0 radical (unpaired) electrons. The average molecular weight is 260 g/mol. The first-order valence-electron chi connectivity index (χ1n) is 7.11. The molecule has 1 aliphatic heterocycles. The van der Waals surface area contributed by atoms with Gasteiger partial charge in [0.15, 0.2) is 0 Å². The molecule has 1 aromatic rings. The number of piperidine rings is 1. The number of rotatable bonds is 2. The van der Waals surface area contributed by atoms with Crippen molar-refractivity contribution in [1.82, 2.24) is 4.90 Å². The van der Waals surface area contributed by atoms with Gasteiger partial charge in [-0.2, -0.15) is 0 Å². The van der Waals surface area contributed by atoms with Gasteiger partial charge in [-0.05, 0) is 45.6 Å². The van der Waals surface area contributed by atoms with Gasteiger partial charge in [0.2, 0.25) is 5.91 Å². The summed E-state index contributed by atoms with van der Waals surface area (Å²) in [5, 5.41) is 0. The molecule has 2 rings (SSSR count). The minimum absolute atomic E-state index is 0.0402. The fourth-order valence-electron chi connectivity index (χ4n) is 3.00. The van der Waals surface area contributed by atoms with Gasteiger partial charge < -0.3 is 10.6 Å². The monoisotopic (exact) mass is 260 g/mol. The molecule has 0 aromatic heterocycles. The normalized spacial score (nSPS) is 26.8. The number of benzene rings is 1. The largest absolute Gasteiger partial charge is 0.335 e. The lowest BCUT2D eigenvalue weighted by atomic mass is 9.88. The molecular formula is C16H24N2O. The minimum atomic E-state index is -0.943. The van der Waals surface area contributed by atoms with Crippen molar-refractivity contribution in [2.24, 2.45) is 5.73 Å². The molecule has 1 amide bonds. The summed E-state index contributed by atoms with van der Waals surface area (Å²) in [5.74, 6) is 0.0402. The first-order chi connectivity index (χ1) is 8.94. The van der Waals surface area contributed by atoms with Crippen LogP contribution in [-0.2, 0) is 10.3 Å². The molecule has 0 bridgehead atoms. The maximum absolute atomic E-state index is 12.8. The number of hydrogen-bond donors (Lipinski definition) is 1. The Kier molecular flexibility index (Phi) is 3.95. The summed E-state index contributed by atoms with van der Waals surface area (Å²) >= 11 is 0. The molecule has 0 saturated carbocycles. The van der Waals surface area contributed by atoms with Crippen molar-refractivity contribution >= 4 is 5.91 Å². The Morgan fingerprint density at radius 2 is 1.74 bits per heavy atom. The van der Waals surface area contributed by atoms with Gasteiger partial charge in [0.25, 0.3) is 0 Å². The summed E-state index contributed by atoms with van der Waals surface area (Å²) in [6, 6.07) is 10.2. The zero-order valence-corrected chi connectivity index (χ0v) is 12.1. The highest BCUT2D eigenvalue weighted by atomic mass is 16.2. The smallest absolute Gasteiger partial charge is 0.247 e. The van der Waals surface area contributed by atoms with Gasteiger partial charge >= 0.3 is 0 Å². The van der Waals surface area contributed by atoms with Gasteiger partial charge in [-0.3, -0.25) is 4.79 Å². The van der Waals surface area contributed by atoms with Gasteiger partial charge in [0.1, 0.15) is 5.54 Å². The number of carbonyl (C=O) groups excluding carboxylic acids is 1. The third-order valence-electron chi connectivity index (χ3n) is 4.25. The Labute approximate surface area is 115 Å². The quantitative estimate of drug-likeness (QED) is 0.888. The minimum Gasteiger partial charge on any atom is -0.335 e. The van der Waals surface area contributed by atoms with Gasteiger partial charge in [0.05, 0.1) is 0 Å². The molecule has 1 aliphatic rings. The van der Waals surface area contributed by atoms with E-state index in [1.54, 1.807) is 0 Å². The Bertz CT molecular complexity index is 431. The van der Waals surface area contributed by atoms with Crippen molar-refractivity contribution in [3.8, 4) is 0 Å². The Morgan fingerprint density at radius 3 is 2.26 bits per heavy atom. The van der Waals surface area contributed by atoms with E-state index in [9.17, 15) is 4.79 Å². The molecule has 1 aromatic carbocycles. The summed E-state index contributed by atoms with van der Waals surface area (Å²) in [5.41, 5.74) is 6.28. The van der Waals surface area contributed by atoms with Gasteiger partial charge in [-0.25, -0.2) is 0 Å². The van der Waals surface area contributed by atoms with Crippen molar-refractivity contribution in [3.05, 3.63) is 35.9 Å². The molecule has 104 valence electrons. The van der Waals surface area contributed by atoms with Crippen LogP contribution in [-0.4, -0.2) is 22.9 Å². The predicted molar refractivity (Wildman–Crippen MR) is 77.6 cm³/mol. The second-order valence-corrected chi connectivity index (χ2v) is 5.91. The SMILES string of the molecule is CC1CCCC(C)N1C(=O)C(C)(N)c1ccccc1. The lowest BCUT2D eigenvalue weighted by Gasteiger charge is -2.43. The van der Waals surface area contributed by atoms with E-state index < -0.39 is 5.54 Å². The number of nitrogens with zero attached hydrogens (tertiary/aromatic N) is 1. The maximum atomic E-state index is 12.8. The topological polar surface area (TPSA) is 46.3 Å². The number of likely N-dealkylation sites (tertiary alicyclic amines) is 1. The lowest BCUT2D eigenvalue weighted by molar-refractivity contribution is -0.143. The first kappa shape index (κ1) is 14.1. The zero-order chi connectivity index (χ0) is 14.0. The third-order valence-corrected chi connectivity index (χ3v) is 4.25. The second kappa shape index (κ2) is 5.33. The highest BCUT2D eigenvalue weighted by Gasteiger charge is 2.39. The first-order valence-corrected chi connectivity index (χ1v) is 7.11. The van der Waals surface area contributed by atoms with Crippen LogP contribution in [0.4, 0.5) is 0 Å². The molecule has 3 nitrogen and oxygen atoms in total. The van der Waals surface area contributed by atoms with Crippen LogP contribution in [0.3, 0.4) is 0 Å². The molecule has 0 aliphatic carbocycles. The third kappa shape index (κ3) is 2.66. The van der Waals surface area contributed by atoms with E-state index in [0.717, 1.165) is 18.4 Å². The molecule has 1 fully saturated rings. The van der Waals surface area contributed by atoms with Crippen LogP contribution in [0.2, 0.25) is 0 Å². The van der Waals surface area contributed by atoms with E-state index in [-0.39, 0.29) is 18.0 Å². The Hall–Kier alpha value is -1.35. The Morgan fingerprint density at radius 1 is 1.21 bits per heavy atom. The van der Waals surface area contributed by atoms with Crippen LogP contribution in [0.5, 0.6) is 0 Å². The molecule has 3 unspecified atom stereocenters. The van der Waals surface area contributed by atoms with E-state index >= 15 is 0 Å². The molecule has 1 heterocycles. The summed E-state index contributed by atoms with van der Waals surface area (Å²) in [4.78, 5) is 14.8. The fraction of sp³-hybridized carbons (Fsp3) is 0.562. The van der Waals surface area contributed by atoms with Crippen molar-refractivity contribution in [1.29, 1.82) is 0 Å². The van der Waals surface area contributed by atoms with Gasteiger partial charge in [-0.1, -0.05) is 30.3 Å². The van der Waals surface area contributed by atoms with Gasteiger partial charge in [-0.15, -0.1) is 0 Å². The van der Waals surface area contributed by atoms with E-state index in [0.29, 0.717) is 0 Å².